The first kappa shape index (κ1) is 18.5. The fourth-order valence-corrected chi connectivity index (χ4v) is 4.17. The van der Waals surface area contributed by atoms with Crippen molar-refractivity contribution < 1.29 is 14.7 Å². The lowest BCUT2D eigenvalue weighted by Crippen LogP contribution is -2.25. The maximum Gasteiger partial charge on any atom is 0.246 e. The zero-order valence-electron chi connectivity index (χ0n) is 14.2. The third-order valence-corrected chi connectivity index (χ3v) is 5.57. The van der Waals surface area contributed by atoms with Gasteiger partial charge in [-0.1, -0.05) is 11.8 Å². The highest BCUT2D eigenvalue weighted by Gasteiger charge is 2.14. The van der Waals surface area contributed by atoms with Crippen molar-refractivity contribution in [2.75, 3.05) is 12.4 Å². The number of aryl methyl sites for hydroxylation is 2. The maximum absolute atomic E-state index is 12.4. The van der Waals surface area contributed by atoms with Crippen LogP contribution in [0.4, 0.5) is 0 Å². The predicted octanol–water partition coefficient (Wildman–Crippen LogP) is 1.32. The number of carbonyl (C=O) groups excluding carboxylic acids is 2. The average Bonchev–Trinajstić information content (AvgIpc) is 3.23. The van der Waals surface area contributed by atoms with Crippen LogP contribution in [0.3, 0.4) is 0 Å². The van der Waals surface area contributed by atoms with E-state index in [0.717, 1.165) is 15.3 Å². The van der Waals surface area contributed by atoms with E-state index in [4.69, 9.17) is 5.11 Å². The summed E-state index contributed by atoms with van der Waals surface area (Å²) in [5, 5.41) is 17.1. The predicted molar refractivity (Wildman–Crippen MR) is 99.3 cm³/mol. The van der Waals surface area contributed by atoms with Gasteiger partial charge in [0, 0.05) is 18.1 Å². The van der Waals surface area contributed by atoms with E-state index in [1.165, 1.54) is 23.1 Å². The molecule has 136 valence electrons. The zero-order chi connectivity index (χ0) is 18.7. The topological polar surface area (TPSA) is 110 Å². The Labute approximate surface area is 157 Å². The molecule has 3 heterocycles. The van der Waals surface area contributed by atoms with Gasteiger partial charge in [0.2, 0.25) is 5.91 Å². The number of nitrogens with one attached hydrogen (secondary N) is 1. The Morgan fingerprint density at radius 1 is 1.35 bits per heavy atom. The van der Waals surface area contributed by atoms with Crippen molar-refractivity contribution in [1.82, 2.24) is 25.1 Å². The van der Waals surface area contributed by atoms with Gasteiger partial charge in [0.25, 0.3) is 0 Å². The van der Waals surface area contributed by atoms with Gasteiger partial charge in [-0.05, 0) is 19.1 Å². The summed E-state index contributed by atoms with van der Waals surface area (Å²) < 4.78 is 1.68. The normalized spacial score (nSPS) is 11.0. The van der Waals surface area contributed by atoms with Crippen LogP contribution in [0.1, 0.15) is 20.4 Å². The molecule has 0 saturated heterocycles. The maximum atomic E-state index is 12.4. The fraction of sp³-hybridized carbons (Fsp3) is 0.312. The molecule has 26 heavy (non-hydrogen) atoms. The summed E-state index contributed by atoms with van der Waals surface area (Å²) in [5.41, 5.74) is 0.619. The molecule has 8 nitrogen and oxygen atoms in total. The standard InChI is InChI=1S/C16H17N5O3S2/c1-9-18-15-11(6-21(2)20-15)16(19-9)25-8-12(23)13-4-3-10(26-13)5-17-14(24)7-22/h3-4,6,22H,5,7-8H2,1-2H3,(H,17,24). The van der Waals surface area contributed by atoms with Crippen molar-refractivity contribution in [3.05, 3.63) is 33.9 Å². The van der Waals surface area contributed by atoms with E-state index in [1.54, 1.807) is 23.7 Å². The van der Waals surface area contributed by atoms with Gasteiger partial charge < -0.3 is 10.4 Å². The van der Waals surface area contributed by atoms with Crippen LogP contribution in [0.5, 0.6) is 0 Å². The van der Waals surface area contributed by atoms with Crippen LogP contribution in [0, 0.1) is 6.92 Å². The molecular formula is C16H17N5O3S2. The summed E-state index contributed by atoms with van der Waals surface area (Å²) in [5.74, 6) is 0.419. The second kappa shape index (κ2) is 7.94. The van der Waals surface area contributed by atoms with E-state index in [2.05, 4.69) is 20.4 Å². The second-order valence-electron chi connectivity index (χ2n) is 5.53. The highest BCUT2D eigenvalue weighted by molar-refractivity contribution is 8.00. The van der Waals surface area contributed by atoms with Crippen LogP contribution in [-0.2, 0) is 18.4 Å². The molecule has 3 aromatic rings. The molecule has 0 bridgehead atoms. The van der Waals surface area contributed by atoms with Crippen LogP contribution in [0.25, 0.3) is 11.0 Å². The minimum absolute atomic E-state index is 0.00644. The van der Waals surface area contributed by atoms with E-state index in [0.29, 0.717) is 22.9 Å². The number of hydrogen-bond acceptors (Lipinski definition) is 8. The molecule has 3 aromatic heterocycles. The van der Waals surface area contributed by atoms with E-state index in [9.17, 15) is 9.59 Å². The van der Waals surface area contributed by atoms with Crippen LogP contribution >= 0.6 is 23.1 Å². The second-order valence-corrected chi connectivity index (χ2v) is 7.66. The number of amides is 1. The molecule has 2 N–H and O–H groups in total. The molecule has 0 fully saturated rings. The Morgan fingerprint density at radius 3 is 2.92 bits per heavy atom. The van der Waals surface area contributed by atoms with Gasteiger partial charge in [-0.25, -0.2) is 9.97 Å². The Kier molecular flexibility index (Phi) is 5.64. The average molecular weight is 391 g/mol. The molecule has 0 aliphatic carbocycles. The van der Waals surface area contributed by atoms with Crippen molar-refractivity contribution >= 4 is 45.8 Å². The smallest absolute Gasteiger partial charge is 0.246 e. The molecule has 0 aromatic carbocycles. The Morgan fingerprint density at radius 2 is 2.15 bits per heavy atom. The van der Waals surface area contributed by atoms with Crippen LogP contribution in [-0.4, -0.2) is 48.9 Å². The summed E-state index contributed by atoms with van der Waals surface area (Å²) in [6, 6.07) is 3.55. The largest absolute Gasteiger partial charge is 0.387 e. The minimum atomic E-state index is -0.547. The third kappa shape index (κ3) is 4.26. The van der Waals surface area contributed by atoms with Crippen molar-refractivity contribution in [3.8, 4) is 0 Å². The summed E-state index contributed by atoms with van der Waals surface area (Å²) in [6.45, 7) is 1.55. The zero-order valence-corrected chi connectivity index (χ0v) is 15.9. The molecule has 1 amide bonds. The Balaban J connectivity index is 1.66. The lowest BCUT2D eigenvalue weighted by atomic mass is 10.3. The number of aliphatic hydroxyl groups is 1. The first-order valence-electron chi connectivity index (χ1n) is 7.76. The highest BCUT2D eigenvalue weighted by Crippen LogP contribution is 2.26. The van der Waals surface area contributed by atoms with Gasteiger partial charge >= 0.3 is 0 Å². The number of Topliss-reactive ketones (excluding diaryl/α,β-unsaturated/α-hetero) is 1. The van der Waals surface area contributed by atoms with E-state index >= 15 is 0 Å². The van der Waals surface area contributed by atoms with Crippen LogP contribution < -0.4 is 5.32 Å². The van der Waals surface area contributed by atoms with Gasteiger partial charge in [0.15, 0.2) is 11.4 Å². The van der Waals surface area contributed by atoms with Gasteiger partial charge in [-0.15, -0.1) is 11.3 Å². The monoisotopic (exact) mass is 391 g/mol. The Hall–Kier alpha value is -2.30. The van der Waals surface area contributed by atoms with Crippen LogP contribution in [0.2, 0.25) is 0 Å². The van der Waals surface area contributed by atoms with Crippen molar-refractivity contribution in [2.45, 2.75) is 18.5 Å². The number of aromatic nitrogens is 4. The third-order valence-electron chi connectivity index (χ3n) is 3.45. The van der Waals surface area contributed by atoms with E-state index in [-0.39, 0.29) is 11.5 Å². The van der Waals surface area contributed by atoms with Gasteiger partial charge in [0.05, 0.1) is 22.6 Å². The number of nitrogens with zero attached hydrogens (tertiary/aromatic N) is 4. The molecule has 0 spiro atoms. The van der Waals surface area contributed by atoms with Gasteiger partial charge in [0.1, 0.15) is 17.5 Å². The first-order valence-corrected chi connectivity index (χ1v) is 9.56. The lowest BCUT2D eigenvalue weighted by molar-refractivity contribution is -0.123. The minimum Gasteiger partial charge on any atom is -0.387 e. The SMILES string of the molecule is Cc1nc(SCC(=O)c2ccc(CNC(=O)CO)s2)c2cn(C)nc2n1. The number of thioether (sulfide) groups is 1. The molecule has 0 saturated carbocycles. The summed E-state index contributed by atoms with van der Waals surface area (Å²) in [6.07, 6.45) is 1.84. The van der Waals surface area contributed by atoms with Gasteiger partial charge in [-0.2, -0.15) is 5.10 Å². The summed E-state index contributed by atoms with van der Waals surface area (Å²) >= 11 is 2.69. The quantitative estimate of drug-likeness (QED) is 0.355. The molecule has 0 aliphatic heterocycles. The lowest BCUT2D eigenvalue weighted by Gasteiger charge is -2.02. The van der Waals surface area contributed by atoms with Gasteiger partial charge in [-0.3, -0.25) is 14.3 Å². The number of thiophene rings is 1. The first-order chi connectivity index (χ1) is 12.5. The molecular weight excluding hydrogens is 374 g/mol. The molecule has 3 rings (SSSR count). The number of ketones is 1. The number of carbonyl (C=O) groups is 2. The van der Waals surface area contributed by atoms with E-state index in [1.807, 2.05) is 13.2 Å². The molecule has 0 atom stereocenters. The highest BCUT2D eigenvalue weighted by atomic mass is 32.2. The number of fused-ring (bicyclic) bond motifs is 1. The molecule has 0 unspecified atom stereocenters. The van der Waals surface area contributed by atoms with Crippen molar-refractivity contribution in [1.29, 1.82) is 0 Å². The molecule has 10 heteroatoms. The van der Waals surface area contributed by atoms with Crippen LogP contribution in [0.15, 0.2) is 23.4 Å². The van der Waals surface area contributed by atoms with Crippen molar-refractivity contribution in [2.24, 2.45) is 7.05 Å². The molecule has 0 aliphatic rings. The van der Waals surface area contributed by atoms with Crippen molar-refractivity contribution in [3.63, 3.8) is 0 Å². The summed E-state index contributed by atoms with van der Waals surface area (Å²) in [4.78, 5) is 33.7. The number of aliphatic hydroxyl groups excluding tert-OH is 1. The number of rotatable bonds is 7. The molecule has 0 radical (unpaired) electrons. The number of hydrogen-bond donors (Lipinski definition) is 2. The summed E-state index contributed by atoms with van der Waals surface area (Å²) in [7, 11) is 1.82. The fourth-order valence-electron chi connectivity index (χ4n) is 2.28. The Bertz CT molecular complexity index is 966. The van der Waals surface area contributed by atoms with E-state index < -0.39 is 12.5 Å².